The van der Waals surface area contributed by atoms with E-state index >= 15 is 0 Å². The number of carbonyl (C=O) groups is 1. The third-order valence-corrected chi connectivity index (χ3v) is 7.13. The molecular weight excluding hydrogens is 383 g/mol. The number of hydrogen-bond donors (Lipinski definition) is 1. The van der Waals surface area contributed by atoms with E-state index in [-0.39, 0.29) is 48.7 Å². The van der Waals surface area contributed by atoms with Gasteiger partial charge in [-0.3, -0.25) is 4.79 Å². The molecule has 1 aromatic carbocycles. The smallest absolute Gasteiger partial charge is 0.224 e. The molecule has 150 valence electrons. The van der Waals surface area contributed by atoms with E-state index in [4.69, 9.17) is 5.73 Å². The van der Waals surface area contributed by atoms with Gasteiger partial charge in [-0.15, -0.1) is 0 Å². The zero-order chi connectivity index (χ0) is 19.9. The highest BCUT2D eigenvalue weighted by Gasteiger charge is 2.48. The first-order valence-corrected chi connectivity index (χ1v) is 10.4. The van der Waals surface area contributed by atoms with Crippen molar-refractivity contribution in [2.75, 3.05) is 18.8 Å². The Bertz CT molecular complexity index is 849. The third-order valence-electron chi connectivity index (χ3n) is 5.24. The Morgan fingerprint density at radius 2 is 1.85 bits per heavy atom. The zero-order valence-corrected chi connectivity index (χ0v) is 15.7. The summed E-state index contributed by atoms with van der Waals surface area (Å²) in [4.78, 5) is 14.1. The number of carbonyl (C=O) groups excluding carboxylic acids is 1. The largest absolute Gasteiger partial charge is 0.337 e. The number of amides is 1. The fourth-order valence-corrected chi connectivity index (χ4v) is 5.20. The molecule has 0 spiro atoms. The molecule has 2 N–H and O–H groups in total. The van der Waals surface area contributed by atoms with Crippen LogP contribution in [0, 0.1) is 17.5 Å². The van der Waals surface area contributed by atoms with Crippen molar-refractivity contribution >= 4 is 15.9 Å². The number of rotatable bonds is 6. The Labute approximate surface area is 156 Å². The van der Waals surface area contributed by atoms with E-state index in [1.165, 1.54) is 4.31 Å². The molecule has 3 atom stereocenters. The van der Waals surface area contributed by atoms with Gasteiger partial charge in [-0.2, -0.15) is 4.31 Å². The minimum Gasteiger partial charge on any atom is -0.337 e. The first-order chi connectivity index (χ1) is 12.6. The van der Waals surface area contributed by atoms with Gasteiger partial charge in [-0.05, 0) is 31.4 Å². The third kappa shape index (κ3) is 3.97. The van der Waals surface area contributed by atoms with Crippen molar-refractivity contribution in [2.24, 2.45) is 5.73 Å². The summed E-state index contributed by atoms with van der Waals surface area (Å²) in [6.45, 7) is 2.18. The maximum absolute atomic E-state index is 13.7. The maximum Gasteiger partial charge on any atom is 0.224 e. The van der Waals surface area contributed by atoms with Crippen LogP contribution in [0.15, 0.2) is 12.1 Å². The van der Waals surface area contributed by atoms with Crippen molar-refractivity contribution < 1.29 is 26.4 Å². The fourth-order valence-electron chi connectivity index (χ4n) is 3.86. The van der Waals surface area contributed by atoms with Gasteiger partial charge in [0.15, 0.2) is 11.6 Å². The van der Waals surface area contributed by atoms with Crippen LogP contribution in [0.25, 0.3) is 0 Å². The van der Waals surface area contributed by atoms with Crippen molar-refractivity contribution in [2.45, 2.75) is 44.3 Å². The molecule has 2 bridgehead atoms. The van der Waals surface area contributed by atoms with E-state index in [0.29, 0.717) is 19.0 Å². The molecule has 3 rings (SSSR count). The van der Waals surface area contributed by atoms with Crippen molar-refractivity contribution in [3.63, 3.8) is 0 Å². The Hall–Kier alpha value is -1.65. The van der Waals surface area contributed by atoms with E-state index in [2.05, 4.69) is 0 Å². The summed E-state index contributed by atoms with van der Waals surface area (Å²) in [6, 6.07) is 0.0491. The van der Waals surface area contributed by atoms with E-state index in [0.717, 1.165) is 6.07 Å². The number of nitrogens with two attached hydrogens (primary N) is 1. The topological polar surface area (TPSA) is 83.7 Å². The van der Waals surface area contributed by atoms with Crippen LogP contribution in [-0.4, -0.2) is 60.5 Å². The molecule has 6 nitrogen and oxygen atoms in total. The number of sulfonamides is 1. The molecule has 10 heteroatoms. The van der Waals surface area contributed by atoms with E-state index in [9.17, 15) is 26.4 Å². The molecule has 2 aliphatic heterocycles. The first kappa shape index (κ1) is 20.1. The lowest BCUT2D eigenvalue weighted by Gasteiger charge is -2.33. The molecule has 0 saturated carbocycles. The number of fused-ring (bicyclic) bond motifs is 2. The Morgan fingerprint density at radius 3 is 2.44 bits per heavy atom. The summed E-state index contributed by atoms with van der Waals surface area (Å²) in [5.74, 6) is -3.57. The number of piperazine rings is 1. The standard InChI is InChI=1S/C17H22F3N3O3S/c1-2-27(25,26)23-9-12-6-13(23)8-22(12)17(24)5-11(21)3-10-4-15(19)16(20)7-14(10)18/h4,7,11-13H,2-3,5-6,8-9,21H2,1H3/t11-,12?,13?/m1/s1. The molecule has 2 heterocycles. The monoisotopic (exact) mass is 405 g/mol. The van der Waals surface area contributed by atoms with Crippen molar-refractivity contribution in [1.29, 1.82) is 0 Å². The number of benzene rings is 1. The normalized spacial score (nSPS) is 23.8. The van der Waals surface area contributed by atoms with Crippen LogP contribution in [0.1, 0.15) is 25.3 Å². The van der Waals surface area contributed by atoms with Gasteiger partial charge in [0.1, 0.15) is 5.82 Å². The van der Waals surface area contributed by atoms with Crippen LogP contribution in [0.5, 0.6) is 0 Å². The molecule has 2 fully saturated rings. The molecule has 2 saturated heterocycles. The minimum atomic E-state index is -3.29. The van der Waals surface area contributed by atoms with E-state index in [1.54, 1.807) is 11.8 Å². The molecule has 1 amide bonds. The molecule has 2 aliphatic rings. The molecule has 0 radical (unpaired) electrons. The lowest BCUT2D eigenvalue weighted by molar-refractivity contribution is -0.133. The molecule has 0 aromatic heterocycles. The quantitative estimate of drug-likeness (QED) is 0.716. The van der Waals surface area contributed by atoms with Crippen molar-refractivity contribution in [3.05, 3.63) is 35.1 Å². The zero-order valence-electron chi connectivity index (χ0n) is 14.9. The van der Waals surface area contributed by atoms with E-state index in [1.807, 2.05) is 0 Å². The minimum absolute atomic E-state index is 0.0227. The second-order valence-corrected chi connectivity index (χ2v) is 9.30. The van der Waals surface area contributed by atoms with Crippen LogP contribution in [0.3, 0.4) is 0 Å². The van der Waals surface area contributed by atoms with Crippen LogP contribution in [0.2, 0.25) is 0 Å². The van der Waals surface area contributed by atoms with E-state index < -0.39 is 33.5 Å². The Morgan fingerprint density at radius 1 is 1.19 bits per heavy atom. The number of nitrogens with zero attached hydrogens (tertiary/aromatic N) is 2. The van der Waals surface area contributed by atoms with Crippen LogP contribution >= 0.6 is 0 Å². The highest BCUT2D eigenvalue weighted by Crippen LogP contribution is 2.33. The van der Waals surface area contributed by atoms with Crippen molar-refractivity contribution in [3.8, 4) is 0 Å². The summed E-state index contributed by atoms with van der Waals surface area (Å²) in [7, 11) is -3.29. The predicted octanol–water partition coefficient (Wildman–Crippen LogP) is 0.999. The Kier molecular flexibility index (Phi) is 5.51. The average molecular weight is 405 g/mol. The van der Waals surface area contributed by atoms with Gasteiger partial charge in [0.05, 0.1) is 5.75 Å². The Balaban J connectivity index is 1.59. The predicted molar refractivity (Wildman–Crippen MR) is 92.7 cm³/mol. The average Bonchev–Trinajstić information content (AvgIpc) is 3.20. The molecule has 2 unspecified atom stereocenters. The second-order valence-electron chi connectivity index (χ2n) is 7.09. The summed E-state index contributed by atoms with van der Waals surface area (Å²) in [5.41, 5.74) is 5.83. The van der Waals surface area contributed by atoms with Crippen LogP contribution in [-0.2, 0) is 21.2 Å². The van der Waals surface area contributed by atoms with Crippen molar-refractivity contribution in [1.82, 2.24) is 9.21 Å². The van der Waals surface area contributed by atoms with Crippen LogP contribution < -0.4 is 5.73 Å². The van der Waals surface area contributed by atoms with Gasteiger partial charge < -0.3 is 10.6 Å². The van der Waals surface area contributed by atoms with Gasteiger partial charge in [0.2, 0.25) is 15.9 Å². The summed E-state index contributed by atoms with van der Waals surface area (Å²) in [5, 5.41) is 0. The maximum atomic E-state index is 13.7. The molecule has 1 aromatic rings. The lowest BCUT2D eigenvalue weighted by atomic mass is 10.0. The number of hydrogen-bond acceptors (Lipinski definition) is 4. The summed E-state index contributed by atoms with van der Waals surface area (Å²) < 4.78 is 65.5. The summed E-state index contributed by atoms with van der Waals surface area (Å²) in [6.07, 6.45) is 0.410. The SMILES string of the molecule is CCS(=O)(=O)N1CC2CC1CN2C(=O)C[C@H](N)Cc1cc(F)c(F)cc1F. The highest BCUT2D eigenvalue weighted by atomic mass is 32.2. The number of likely N-dealkylation sites (tertiary alicyclic amines) is 1. The van der Waals surface area contributed by atoms with Gasteiger partial charge in [0, 0.05) is 43.7 Å². The summed E-state index contributed by atoms with van der Waals surface area (Å²) >= 11 is 0. The van der Waals surface area contributed by atoms with Gasteiger partial charge in [-0.1, -0.05) is 0 Å². The molecular formula is C17H22F3N3O3S. The van der Waals surface area contributed by atoms with Gasteiger partial charge in [-0.25, -0.2) is 21.6 Å². The fraction of sp³-hybridized carbons (Fsp3) is 0.588. The molecule has 0 aliphatic carbocycles. The van der Waals surface area contributed by atoms with Crippen LogP contribution in [0.4, 0.5) is 13.2 Å². The number of halogens is 3. The lowest BCUT2D eigenvalue weighted by Crippen LogP contribution is -2.51. The van der Waals surface area contributed by atoms with Gasteiger partial charge >= 0.3 is 0 Å². The van der Waals surface area contributed by atoms with Gasteiger partial charge in [0.25, 0.3) is 0 Å². The second kappa shape index (κ2) is 7.40. The first-order valence-electron chi connectivity index (χ1n) is 8.80. The molecule has 27 heavy (non-hydrogen) atoms. The highest BCUT2D eigenvalue weighted by molar-refractivity contribution is 7.89.